The number of fused-ring (bicyclic) bond motifs is 2. The molecule has 1 saturated heterocycles. The maximum atomic E-state index is 6.19. The lowest BCUT2D eigenvalue weighted by Crippen LogP contribution is -2.46. The van der Waals surface area contributed by atoms with E-state index in [0.29, 0.717) is 24.8 Å². The zero-order valence-electron chi connectivity index (χ0n) is 22.7. The molecule has 3 heterocycles. The first kappa shape index (κ1) is 26.6. The molecule has 206 valence electrons. The number of ether oxygens (including phenoxy) is 3. The van der Waals surface area contributed by atoms with Crippen molar-refractivity contribution in [2.24, 2.45) is 0 Å². The van der Waals surface area contributed by atoms with Crippen molar-refractivity contribution in [1.82, 2.24) is 9.88 Å². The second kappa shape index (κ2) is 13.1. The van der Waals surface area contributed by atoms with Gasteiger partial charge in [0.25, 0.3) is 5.88 Å². The first-order chi connectivity index (χ1) is 19.8. The molecule has 6 rings (SSSR count). The predicted molar refractivity (Wildman–Crippen MR) is 164 cm³/mol. The van der Waals surface area contributed by atoms with E-state index in [-0.39, 0.29) is 6.79 Å². The van der Waals surface area contributed by atoms with Crippen LogP contribution in [0.2, 0.25) is 0 Å². The molecule has 0 bridgehead atoms. The van der Waals surface area contributed by atoms with Crippen LogP contribution < -0.4 is 14.4 Å². The number of unbranched alkanes of at least 4 members (excludes halogenated alkanes) is 1. The molecule has 3 aromatic carbocycles. The van der Waals surface area contributed by atoms with Gasteiger partial charge in [-0.3, -0.25) is 4.90 Å². The zero-order chi connectivity index (χ0) is 27.0. The van der Waals surface area contributed by atoms with Gasteiger partial charge in [0.1, 0.15) is 0 Å². The topological polar surface area (TPSA) is 47.1 Å². The lowest BCUT2D eigenvalue weighted by Gasteiger charge is -2.36. The molecule has 5 aromatic rings. The van der Waals surface area contributed by atoms with Crippen molar-refractivity contribution in [3.05, 3.63) is 95.9 Å². The van der Waals surface area contributed by atoms with E-state index in [1.165, 1.54) is 15.8 Å². The highest BCUT2D eigenvalue weighted by Crippen LogP contribution is 2.32. The number of piperazine rings is 1. The molecule has 40 heavy (non-hydrogen) atoms. The SMILES string of the molecule is c1ccc(COCOc2nc3ccccc3cc2OCCCCN2CCN(c3cccc4sccc34)CC2)cc1. The van der Waals surface area contributed by atoms with Gasteiger partial charge in [-0.15, -0.1) is 11.3 Å². The summed E-state index contributed by atoms with van der Waals surface area (Å²) in [6.07, 6.45) is 2.07. The minimum Gasteiger partial charge on any atom is -0.488 e. The number of benzene rings is 3. The summed E-state index contributed by atoms with van der Waals surface area (Å²) < 4.78 is 19.2. The van der Waals surface area contributed by atoms with Gasteiger partial charge in [-0.05, 0) is 60.7 Å². The summed E-state index contributed by atoms with van der Waals surface area (Å²) >= 11 is 1.82. The molecule has 1 aliphatic heterocycles. The lowest BCUT2D eigenvalue weighted by molar-refractivity contribution is 0.00100. The van der Waals surface area contributed by atoms with Gasteiger partial charge in [0.15, 0.2) is 12.5 Å². The number of hydrogen-bond donors (Lipinski definition) is 0. The molecule has 0 N–H and O–H groups in total. The predicted octanol–water partition coefficient (Wildman–Crippen LogP) is 6.98. The summed E-state index contributed by atoms with van der Waals surface area (Å²) in [6, 6.07) is 29.0. The maximum absolute atomic E-state index is 6.19. The number of rotatable bonds is 12. The Balaban J connectivity index is 0.965. The Morgan fingerprint density at radius 1 is 0.800 bits per heavy atom. The second-order valence-electron chi connectivity index (χ2n) is 10.1. The van der Waals surface area contributed by atoms with Crippen LogP contribution in [0.1, 0.15) is 18.4 Å². The van der Waals surface area contributed by atoms with Gasteiger partial charge in [0.05, 0.1) is 18.7 Å². The van der Waals surface area contributed by atoms with Crippen molar-refractivity contribution >= 4 is 38.0 Å². The Hall–Kier alpha value is -3.65. The number of pyridine rings is 1. The number of aromatic nitrogens is 1. The Bertz CT molecular complexity index is 1520. The first-order valence-corrected chi connectivity index (χ1v) is 14.9. The van der Waals surface area contributed by atoms with Gasteiger partial charge in [0.2, 0.25) is 0 Å². The highest BCUT2D eigenvalue weighted by atomic mass is 32.1. The molecule has 0 unspecified atom stereocenters. The smallest absolute Gasteiger partial charge is 0.259 e. The molecule has 6 nitrogen and oxygen atoms in total. The van der Waals surface area contributed by atoms with Crippen molar-refractivity contribution in [3.63, 3.8) is 0 Å². The van der Waals surface area contributed by atoms with E-state index in [9.17, 15) is 0 Å². The number of anilines is 1. The maximum Gasteiger partial charge on any atom is 0.259 e. The normalized spacial score (nSPS) is 14.2. The van der Waals surface area contributed by atoms with Crippen molar-refractivity contribution in [3.8, 4) is 11.6 Å². The molecule has 1 aliphatic rings. The molecular formula is C33H35N3O3S. The molecule has 0 amide bonds. The van der Waals surface area contributed by atoms with Crippen LogP contribution in [0.5, 0.6) is 11.6 Å². The Morgan fingerprint density at radius 2 is 1.65 bits per heavy atom. The van der Waals surface area contributed by atoms with Crippen LogP contribution >= 0.6 is 11.3 Å². The van der Waals surface area contributed by atoms with Crippen LogP contribution in [0.15, 0.2) is 90.3 Å². The van der Waals surface area contributed by atoms with Gasteiger partial charge in [-0.25, -0.2) is 4.98 Å². The largest absolute Gasteiger partial charge is 0.488 e. The fourth-order valence-corrected chi connectivity index (χ4v) is 6.01. The molecule has 1 fully saturated rings. The van der Waals surface area contributed by atoms with Crippen molar-refractivity contribution in [2.45, 2.75) is 19.4 Å². The molecule has 0 aliphatic carbocycles. The number of thiophene rings is 1. The van der Waals surface area contributed by atoms with Gasteiger partial charge in [-0.1, -0.05) is 54.6 Å². The minimum absolute atomic E-state index is 0.115. The van der Waals surface area contributed by atoms with Crippen molar-refractivity contribution < 1.29 is 14.2 Å². The van der Waals surface area contributed by atoms with Gasteiger partial charge in [0, 0.05) is 47.3 Å². The summed E-state index contributed by atoms with van der Waals surface area (Å²) in [6.45, 7) is 6.65. The fourth-order valence-electron chi connectivity index (χ4n) is 5.20. The second-order valence-corrected chi connectivity index (χ2v) is 11.0. The molecule has 0 radical (unpaired) electrons. The number of hydrogen-bond acceptors (Lipinski definition) is 7. The summed E-state index contributed by atoms with van der Waals surface area (Å²) in [5, 5.41) is 4.61. The van der Waals surface area contributed by atoms with E-state index >= 15 is 0 Å². The summed E-state index contributed by atoms with van der Waals surface area (Å²) in [7, 11) is 0. The molecular weight excluding hydrogens is 518 g/mol. The fraction of sp³-hybridized carbons (Fsp3) is 0.303. The van der Waals surface area contributed by atoms with E-state index in [4.69, 9.17) is 19.2 Å². The summed E-state index contributed by atoms with van der Waals surface area (Å²) in [5.41, 5.74) is 3.36. The molecule has 7 heteroatoms. The Labute approximate surface area is 239 Å². The third-order valence-electron chi connectivity index (χ3n) is 7.36. The molecule has 0 atom stereocenters. The molecule has 2 aromatic heterocycles. The van der Waals surface area contributed by atoms with E-state index in [2.05, 4.69) is 39.4 Å². The van der Waals surface area contributed by atoms with Crippen molar-refractivity contribution in [1.29, 1.82) is 0 Å². The zero-order valence-corrected chi connectivity index (χ0v) is 23.5. The van der Waals surface area contributed by atoms with Crippen LogP contribution in [-0.2, 0) is 11.3 Å². The highest BCUT2D eigenvalue weighted by molar-refractivity contribution is 7.17. The monoisotopic (exact) mass is 553 g/mol. The Morgan fingerprint density at radius 3 is 2.55 bits per heavy atom. The number of nitrogens with zero attached hydrogens (tertiary/aromatic N) is 3. The van der Waals surface area contributed by atoms with E-state index in [1.807, 2.05) is 72.0 Å². The van der Waals surface area contributed by atoms with E-state index in [0.717, 1.165) is 62.0 Å². The first-order valence-electron chi connectivity index (χ1n) is 14.0. The van der Waals surface area contributed by atoms with Crippen LogP contribution in [0.25, 0.3) is 21.0 Å². The van der Waals surface area contributed by atoms with Crippen LogP contribution in [-0.4, -0.2) is 56.0 Å². The lowest BCUT2D eigenvalue weighted by atomic mass is 10.2. The van der Waals surface area contributed by atoms with Crippen LogP contribution in [0.3, 0.4) is 0 Å². The number of para-hydroxylation sites is 1. The third-order valence-corrected chi connectivity index (χ3v) is 8.24. The van der Waals surface area contributed by atoms with Gasteiger partial charge < -0.3 is 19.1 Å². The average molecular weight is 554 g/mol. The summed E-state index contributed by atoms with van der Waals surface area (Å²) in [5.74, 6) is 1.14. The third kappa shape index (κ3) is 6.55. The summed E-state index contributed by atoms with van der Waals surface area (Å²) in [4.78, 5) is 9.80. The highest BCUT2D eigenvalue weighted by Gasteiger charge is 2.18. The standard InChI is InChI=1S/C33H35N3O3S/c1-2-9-26(10-3-1)24-37-25-39-33-31(23-27-11-4-5-12-29(27)34-33)38-21-7-6-16-35-17-19-36(20-18-35)30-13-8-14-32-28(30)15-22-40-32/h1-5,8-15,22-23H,6-7,16-21,24-25H2. The van der Waals surface area contributed by atoms with Gasteiger partial charge >= 0.3 is 0 Å². The Kier molecular flexibility index (Phi) is 8.72. The van der Waals surface area contributed by atoms with Gasteiger partial charge in [-0.2, -0.15) is 0 Å². The average Bonchev–Trinajstić information content (AvgIpc) is 3.49. The quantitative estimate of drug-likeness (QED) is 0.123. The molecule has 0 spiro atoms. The van der Waals surface area contributed by atoms with Crippen LogP contribution in [0, 0.1) is 0 Å². The van der Waals surface area contributed by atoms with E-state index < -0.39 is 0 Å². The van der Waals surface area contributed by atoms with Crippen molar-refractivity contribution in [2.75, 3.05) is 51.0 Å². The van der Waals surface area contributed by atoms with E-state index in [1.54, 1.807) is 0 Å². The molecule has 0 saturated carbocycles. The van der Waals surface area contributed by atoms with Crippen LogP contribution in [0.4, 0.5) is 5.69 Å². The minimum atomic E-state index is 0.115.